The van der Waals surface area contributed by atoms with Gasteiger partial charge in [-0.05, 0) is 30.9 Å². The van der Waals surface area contributed by atoms with Crippen molar-refractivity contribution in [1.82, 2.24) is 14.5 Å². The molecule has 2 aromatic rings. The maximum Gasteiger partial charge on any atom is 0.233 e. The standard InChI is InChI=1S/C18H23N3O2S/c1-13-5-3-4-6-15(13)21-10-8-19-18(21)24-12-17(23)20-9-7-14(2)16(22)11-20/h3-6,8,10,14,16,22H,7,9,11-12H2,1-2H3. The molecular formula is C18H23N3O2S. The van der Waals surface area contributed by atoms with Gasteiger partial charge in [0, 0.05) is 25.5 Å². The lowest BCUT2D eigenvalue weighted by molar-refractivity contribution is -0.132. The second-order valence-electron chi connectivity index (χ2n) is 6.33. The second kappa shape index (κ2) is 7.40. The molecule has 1 aliphatic rings. The molecule has 1 fully saturated rings. The van der Waals surface area contributed by atoms with E-state index in [4.69, 9.17) is 0 Å². The highest BCUT2D eigenvalue weighted by Crippen LogP contribution is 2.24. The van der Waals surface area contributed by atoms with Crippen molar-refractivity contribution in [2.75, 3.05) is 18.8 Å². The van der Waals surface area contributed by atoms with Crippen LogP contribution in [0.4, 0.5) is 0 Å². The van der Waals surface area contributed by atoms with Crippen LogP contribution in [0.5, 0.6) is 0 Å². The van der Waals surface area contributed by atoms with Gasteiger partial charge in [0.1, 0.15) is 0 Å². The number of para-hydroxylation sites is 1. The topological polar surface area (TPSA) is 58.4 Å². The summed E-state index contributed by atoms with van der Waals surface area (Å²) in [4.78, 5) is 18.6. The first-order chi connectivity index (χ1) is 11.6. The Bertz CT molecular complexity index is 716. The third-order valence-corrected chi connectivity index (χ3v) is 5.53. The number of carbonyl (C=O) groups excluding carboxylic acids is 1. The summed E-state index contributed by atoms with van der Waals surface area (Å²) in [5, 5.41) is 10.8. The molecular weight excluding hydrogens is 322 g/mol. The molecule has 0 bridgehead atoms. The Morgan fingerprint density at radius 1 is 1.42 bits per heavy atom. The molecule has 1 saturated heterocycles. The number of rotatable bonds is 4. The van der Waals surface area contributed by atoms with Gasteiger partial charge in [0.25, 0.3) is 0 Å². The summed E-state index contributed by atoms with van der Waals surface area (Å²) >= 11 is 1.44. The number of β-amino-alcohol motifs (C(OH)–C–C–N with tert-alkyl or cyclic N) is 1. The van der Waals surface area contributed by atoms with E-state index in [1.165, 1.54) is 11.8 Å². The van der Waals surface area contributed by atoms with Crippen molar-refractivity contribution in [3.63, 3.8) is 0 Å². The van der Waals surface area contributed by atoms with Crippen LogP contribution in [0.25, 0.3) is 5.69 Å². The first-order valence-corrected chi connectivity index (χ1v) is 9.23. The number of aromatic nitrogens is 2. The number of hydrogen-bond acceptors (Lipinski definition) is 4. The molecule has 5 nitrogen and oxygen atoms in total. The molecule has 2 heterocycles. The number of aryl methyl sites for hydroxylation is 1. The Morgan fingerprint density at radius 2 is 2.21 bits per heavy atom. The summed E-state index contributed by atoms with van der Waals surface area (Å²) < 4.78 is 2.01. The summed E-state index contributed by atoms with van der Waals surface area (Å²) in [6, 6.07) is 8.11. The van der Waals surface area contributed by atoms with Gasteiger partial charge in [-0.1, -0.05) is 36.9 Å². The van der Waals surface area contributed by atoms with Crippen LogP contribution in [0.15, 0.2) is 41.8 Å². The molecule has 1 aliphatic heterocycles. The average Bonchev–Trinajstić information content (AvgIpc) is 3.04. The number of hydrogen-bond donors (Lipinski definition) is 1. The molecule has 0 radical (unpaired) electrons. The number of carbonyl (C=O) groups is 1. The number of imidazole rings is 1. The predicted molar refractivity (Wildman–Crippen MR) is 95.4 cm³/mol. The van der Waals surface area contributed by atoms with Crippen LogP contribution >= 0.6 is 11.8 Å². The minimum atomic E-state index is -0.415. The van der Waals surface area contributed by atoms with Crippen LogP contribution in [0.1, 0.15) is 18.9 Å². The number of aliphatic hydroxyl groups is 1. The zero-order chi connectivity index (χ0) is 17.1. The van der Waals surface area contributed by atoms with Crippen LogP contribution in [0.3, 0.4) is 0 Å². The normalized spacial score (nSPS) is 21.0. The van der Waals surface area contributed by atoms with E-state index in [0.717, 1.165) is 29.4 Å². The highest BCUT2D eigenvalue weighted by Gasteiger charge is 2.27. The highest BCUT2D eigenvalue weighted by atomic mass is 32.2. The number of amides is 1. The molecule has 1 aromatic carbocycles. The molecule has 1 amide bonds. The van der Waals surface area contributed by atoms with Gasteiger partial charge >= 0.3 is 0 Å². The molecule has 0 spiro atoms. The first-order valence-electron chi connectivity index (χ1n) is 8.24. The van der Waals surface area contributed by atoms with Crippen molar-refractivity contribution in [3.05, 3.63) is 42.2 Å². The monoisotopic (exact) mass is 345 g/mol. The molecule has 24 heavy (non-hydrogen) atoms. The summed E-state index contributed by atoms with van der Waals surface area (Å²) in [5.41, 5.74) is 2.24. The van der Waals surface area contributed by atoms with Gasteiger partial charge in [0.2, 0.25) is 5.91 Å². The number of benzene rings is 1. The minimum absolute atomic E-state index is 0.0604. The van der Waals surface area contributed by atoms with Gasteiger partial charge in [-0.2, -0.15) is 0 Å². The minimum Gasteiger partial charge on any atom is -0.391 e. The van der Waals surface area contributed by atoms with Crippen LogP contribution in [0.2, 0.25) is 0 Å². The Kier molecular flexibility index (Phi) is 5.26. The predicted octanol–water partition coefficient (Wildman–Crippen LogP) is 2.50. The summed E-state index contributed by atoms with van der Waals surface area (Å²) in [6.45, 7) is 5.25. The Hall–Kier alpha value is -1.79. The van der Waals surface area contributed by atoms with Crippen molar-refractivity contribution in [3.8, 4) is 5.69 Å². The summed E-state index contributed by atoms with van der Waals surface area (Å²) in [6.07, 6.45) is 4.12. The molecule has 1 aromatic heterocycles. The SMILES string of the molecule is Cc1ccccc1-n1ccnc1SCC(=O)N1CCC(C)C(O)C1. The zero-order valence-corrected chi connectivity index (χ0v) is 14.9. The third-order valence-electron chi connectivity index (χ3n) is 4.58. The van der Waals surface area contributed by atoms with E-state index in [1.54, 1.807) is 11.1 Å². The fourth-order valence-corrected chi connectivity index (χ4v) is 3.78. The Morgan fingerprint density at radius 3 is 2.96 bits per heavy atom. The van der Waals surface area contributed by atoms with Crippen molar-refractivity contribution in [1.29, 1.82) is 0 Å². The highest BCUT2D eigenvalue weighted by molar-refractivity contribution is 7.99. The smallest absolute Gasteiger partial charge is 0.233 e. The lowest BCUT2D eigenvalue weighted by Crippen LogP contribution is -2.46. The van der Waals surface area contributed by atoms with Gasteiger partial charge in [-0.25, -0.2) is 4.98 Å². The van der Waals surface area contributed by atoms with Gasteiger partial charge in [-0.15, -0.1) is 0 Å². The van der Waals surface area contributed by atoms with Crippen molar-refractivity contribution in [2.24, 2.45) is 5.92 Å². The van der Waals surface area contributed by atoms with E-state index < -0.39 is 6.10 Å². The fraction of sp³-hybridized carbons (Fsp3) is 0.444. The number of aliphatic hydroxyl groups excluding tert-OH is 1. The average molecular weight is 345 g/mol. The van der Waals surface area contributed by atoms with E-state index in [2.05, 4.69) is 18.0 Å². The third kappa shape index (κ3) is 3.65. The number of piperidine rings is 1. The van der Waals surface area contributed by atoms with E-state index in [-0.39, 0.29) is 11.8 Å². The van der Waals surface area contributed by atoms with Crippen LogP contribution in [0, 0.1) is 12.8 Å². The van der Waals surface area contributed by atoms with Gasteiger partial charge in [0.15, 0.2) is 5.16 Å². The quantitative estimate of drug-likeness (QED) is 0.865. The molecule has 0 aliphatic carbocycles. The molecule has 0 saturated carbocycles. The molecule has 3 rings (SSSR count). The lowest BCUT2D eigenvalue weighted by Gasteiger charge is -2.34. The summed E-state index contributed by atoms with van der Waals surface area (Å²) in [7, 11) is 0. The molecule has 1 N–H and O–H groups in total. The lowest BCUT2D eigenvalue weighted by atomic mass is 9.96. The van der Waals surface area contributed by atoms with E-state index in [0.29, 0.717) is 12.3 Å². The van der Waals surface area contributed by atoms with Crippen LogP contribution < -0.4 is 0 Å². The Balaban J connectivity index is 1.65. The van der Waals surface area contributed by atoms with E-state index >= 15 is 0 Å². The molecule has 2 unspecified atom stereocenters. The maximum atomic E-state index is 12.4. The molecule has 128 valence electrons. The maximum absolute atomic E-state index is 12.4. The van der Waals surface area contributed by atoms with E-state index in [1.807, 2.05) is 35.9 Å². The number of thioether (sulfide) groups is 1. The van der Waals surface area contributed by atoms with Crippen LogP contribution in [-0.2, 0) is 4.79 Å². The zero-order valence-electron chi connectivity index (χ0n) is 14.1. The van der Waals surface area contributed by atoms with Gasteiger partial charge in [-0.3, -0.25) is 9.36 Å². The van der Waals surface area contributed by atoms with Gasteiger partial charge in [0.05, 0.1) is 17.5 Å². The first kappa shape index (κ1) is 17.0. The van der Waals surface area contributed by atoms with Crippen molar-refractivity contribution < 1.29 is 9.90 Å². The number of likely N-dealkylation sites (tertiary alicyclic amines) is 1. The van der Waals surface area contributed by atoms with Gasteiger partial charge < -0.3 is 10.0 Å². The fourth-order valence-electron chi connectivity index (χ4n) is 2.91. The van der Waals surface area contributed by atoms with Crippen LogP contribution in [-0.4, -0.2) is 50.4 Å². The van der Waals surface area contributed by atoms with E-state index in [9.17, 15) is 9.90 Å². The second-order valence-corrected chi connectivity index (χ2v) is 7.27. The van der Waals surface area contributed by atoms with Crippen molar-refractivity contribution in [2.45, 2.75) is 31.5 Å². The largest absolute Gasteiger partial charge is 0.391 e. The summed E-state index contributed by atoms with van der Waals surface area (Å²) in [5.74, 6) is 0.663. The molecule has 6 heteroatoms. The van der Waals surface area contributed by atoms with Crippen molar-refractivity contribution >= 4 is 17.7 Å². The Labute approximate surface area is 146 Å². The number of nitrogens with zero attached hydrogens (tertiary/aromatic N) is 3. The molecule has 2 atom stereocenters.